The summed E-state index contributed by atoms with van der Waals surface area (Å²) in [5.41, 5.74) is 3.77. The van der Waals surface area contributed by atoms with Crippen molar-refractivity contribution in [2.24, 2.45) is 0 Å². The van der Waals surface area contributed by atoms with Gasteiger partial charge in [0.2, 0.25) is 0 Å². The van der Waals surface area contributed by atoms with Gasteiger partial charge in [-0.05, 0) is 51.3 Å². The SMILES string of the molecule is CCCNCc1c(C)cc(C)nc1N1CCCC(OC)C1. The molecule has 1 saturated heterocycles. The summed E-state index contributed by atoms with van der Waals surface area (Å²) in [6, 6.07) is 2.18. The zero-order valence-electron chi connectivity index (χ0n) is 13.9. The Morgan fingerprint density at radius 3 is 2.95 bits per heavy atom. The van der Waals surface area contributed by atoms with Crippen LogP contribution in [0.25, 0.3) is 0 Å². The Hall–Kier alpha value is -1.13. The predicted molar refractivity (Wildman–Crippen MR) is 88.0 cm³/mol. The molecule has 2 heterocycles. The van der Waals surface area contributed by atoms with E-state index in [1.165, 1.54) is 17.5 Å². The number of ether oxygens (including phenoxy) is 1. The number of methoxy groups -OCH3 is 1. The van der Waals surface area contributed by atoms with Crippen LogP contribution in [0.4, 0.5) is 5.82 Å². The van der Waals surface area contributed by atoms with Crippen molar-refractivity contribution in [2.75, 3.05) is 31.6 Å². The summed E-state index contributed by atoms with van der Waals surface area (Å²) in [4.78, 5) is 7.24. The first-order valence-electron chi connectivity index (χ1n) is 8.11. The lowest BCUT2D eigenvalue weighted by molar-refractivity contribution is 0.0891. The number of anilines is 1. The maximum absolute atomic E-state index is 5.56. The number of piperidine rings is 1. The van der Waals surface area contributed by atoms with Crippen molar-refractivity contribution in [3.63, 3.8) is 0 Å². The van der Waals surface area contributed by atoms with Gasteiger partial charge in [0.25, 0.3) is 0 Å². The minimum atomic E-state index is 0.331. The second-order valence-corrected chi connectivity index (χ2v) is 6.01. The van der Waals surface area contributed by atoms with E-state index in [9.17, 15) is 0 Å². The van der Waals surface area contributed by atoms with E-state index in [-0.39, 0.29) is 0 Å². The molecule has 1 fully saturated rings. The van der Waals surface area contributed by atoms with Crippen LogP contribution >= 0.6 is 0 Å². The van der Waals surface area contributed by atoms with Crippen molar-refractivity contribution in [3.05, 3.63) is 22.9 Å². The van der Waals surface area contributed by atoms with Crippen LogP contribution in [0, 0.1) is 13.8 Å². The van der Waals surface area contributed by atoms with Gasteiger partial charge in [-0.25, -0.2) is 4.98 Å². The normalized spacial score (nSPS) is 19.0. The molecular formula is C17H29N3O. The Morgan fingerprint density at radius 1 is 1.43 bits per heavy atom. The fraction of sp³-hybridized carbons (Fsp3) is 0.706. The molecule has 0 spiro atoms. The minimum absolute atomic E-state index is 0.331. The number of aryl methyl sites for hydroxylation is 2. The van der Waals surface area contributed by atoms with Crippen LogP contribution in [-0.2, 0) is 11.3 Å². The largest absolute Gasteiger partial charge is 0.380 e. The average Bonchev–Trinajstić information content (AvgIpc) is 2.49. The summed E-state index contributed by atoms with van der Waals surface area (Å²) < 4.78 is 5.56. The van der Waals surface area contributed by atoms with Crippen LogP contribution < -0.4 is 10.2 Å². The van der Waals surface area contributed by atoms with Gasteiger partial charge in [0.1, 0.15) is 5.82 Å². The summed E-state index contributed by atoms with van der Waals surface area (Å²) in [5.74, 6) is 1.15. The van der Waals surface area contributed by atoms with Gasteiger partial charge in [0, 0.05) is 38.0 Å². The van der Waals surface area contributed by atoms with Crippen LogP contribution in [0.1, 0.15) is 43.0 Å². The fourth-order valence-electron chi connectivity index (χ4n) is 3.04. The lowest BCUT2D eigenvalue weighted by atomic mass is 10.0. The molecule has 1 N–H and O–H groups in total. The molecule has 2 rings (SSSR count). The number of nitrogens with zero attached hydrogens (tertiary/aromatic N) is 2. The Kier molecular flexibility index (Phi) is 6.00. The fourth-order valence-corrected chi connectivity index (χ4v) is 3.04. The zero-order valence-corrected chi connectivity index (χ0v) is 13.9. The number of hydrogen-bond acceptors (Lipinski definition) is 4. The Bertz CT molecular complexity index is 462. The Morgan fingerprint density at radius 2 is 2.24 bits per heavy atom. The highest BCUT2D eigenvalue weighted by atomic mass is 16.5. The molecule has 1 atom stereocenters. The van der Waals surface area contributed by atoms with Gasteiger partial charge < -0.3 is 15.0 Å². The standard InChI is InChI=1S/C17H29N3O/c1-5-8-18-11-16-13(2)10-14(3)19-17(16)20-9-6-7-15(12-20)21-4/h10,15,18H,5-9,11-12H2,1-4H3. The van der Waals surface area contributed by atoms with Crippen molar-refractivity contribution < 1.29 is 4.74 Å². The van der Waals surface area contributed by atoms with E-state index in [0.717, 1.165) is 50.5 Å². The molecule has 1 aromatic heterocycles. The quantitative estimate of drug-likeness (QED) is 0.818. The smallest absolute Gasteiger partial charge is 0.133 e. The van der Waals surface area contributed by atoms with Crippen molar-refractivity contribution >= 4 is 5.82 Å². The number of nitrogens with one attached hydrogen (secondary N) is 1. The molecule has 0 radical (unpaired) electrons. The zero-order chi connectivity index (χ0) is 15.2. The maximum Gasteiger partial charge on any atom is 0.133 e. The van der Waals surface area contributed by atoms with Gasteiger partial charge in [0.05, 0.1) is 6.10 Å². The molecule has 1 aromatic rings. The minimum Gasteiger partial charge on any atom is -0.380 e. The lowest BCUT2D eigenvalue weighted by Gasteiger charge is -2.34. The summed E-state index contributed by atoms with van der Waals surface area (Å²) in [6.07, 6.45) is 3.82. The molecule has 4 heteroatoms. The second-order valence-electron chi connectivity index (χ2n) is 6.01. The molecule has 21 heavy (non-hydrogen) atoms. The van der Waals surface area contributed by atoms with Crippen molar-refractivity contribution in [2.45, 2.75) is 52.7 Å². The van der Waals surface area contributed by atoms with Gasteiger partial charge in [-0.3, -0.25) is 0 Å². The Labute approximate surface area is 128 Å². The van der Waals surface area contributed by atoms with Crippen LogP contribution in [-0.4, -0.2) is 37.8 Å². The molecule has 0 aliphatic carbocycles. The predicted octanol–water partition coefficient (Wildman–Crippen LogP) is 2.81. The van der Waals surface area contributed by atoms with Crippen LogP contribution in [0.3, 0.4) is 0 Å². The summed E-state index contributed by atoms with van der Waals surface area (Å²) >= 11 is 0. The summed E-state index contributed by atoms with van der Waals surface area (Å²) in [6.45, 7) is 10.5. The molecule has 0 bridgehead atoms. The lowest BCUT2D eigenvalue weighted by Crippen LogP contribution is -2.40. The van der Waals surface area contributed by atoms with Gasteiger partial charge >= 0.3 is 0 Å². The van der Waals surface area contributed by atoms with E-state index in [1.54, 1.807) is 0 Å². The van der Waals surface area contributed by atoms with Gasteiger partial charge in [-0.15, -0.1) is 0 Å². The van der Waals surface area contributed by atoms with Crippen molar-refractivity contribution in [1.82, 2.24) is 10.3 Å². The molecule has 1 unspecified atom stereocenters. The molecule has 1 aliphatic heterocycles. The number of pyridine rings is 1. The number of hydrogen-bond donors (Lipinski definition) is 1. The molecule has 4 nitrogen and oxygen atoms in total. The molecule has 118 valence electrons. The van der Waals surface area contributed by atoms with Gasteiger partial charge in [0.15, 0.2) is 0 Å². The Balaban J connectivity index is 2.23. The first kappa shape index (κ1) is 16.2. The average molecular weight is 291 g/mol. The van der Waals surface area contributed by atoms with Crippen molar-refractivity contribution in [3.8, 4) is 0 Å². The van der Waals surface area contributed by atoms with Crippen LogP contribution in [0.15, 0.2) is 6.07 Å². The monoisotopic (exact) mass is 291 g/mol. The van der Waals surface area contributed by atoms with E-state index in [2.05, 4.69) is 37.1 Å². The highest BCUT2D eigenvalue weighted by Gasteiger charge is 2.23. The highest BCUT2D eigenvalue weighted by Crippen LogP contribution is 2.26. The topological polar surface area (TPSA) is 37.4 Å². The van der Waals surface area contributed by atoms with E-state index in [0.29, 0.717) is 6.10 Å². The third-order valence-electron chi connectivity index (χ3n) is 4.19. The summed E-state index contributed by atoms with van der Waals surface area (Å²) in [7, 11) is 1.81. The first-order valence-corrected chi connectivity index (χ1v) is 8.11. The number of rotatable bonds is 6. The van der Waals surface area contributed by atoms with Crippen LogP contribution in [0.5, 0.6) is 0 Å². The molecule has 0 saturated carbocycles. The summed E-state index contributed by atoms with van der Waals surface area (Å²) in [5, 5.41) is 3.52. The van der Waals surface area contributed by atoms with Crippen molar-refractivity contribution in [1.29, 1.82) is 0 Å². The second kappa shape index (κ2) is 7.76. The molecule has 0 aromatic carbocycles. The molecular weight excluding hydrogens is 262 g/mol. The third-order valence-corrected chi connectivity index (χ3v) is 4.19. The van der Waals surface area contributed by atoms with E-state index >= 15 is 0 Å². The van der Waals surface area contributed by atoms with E-state index < -0.39 is 0 Å². The highest BCUT2D eigenvalue weighted by molar-refractivity contribution is 5.52. The first-order chi connectivity index (χ1) is 10.2. The number of aromatic nitrogens is 1. The van der Waals surface area contributed by atoms with Gasteiger partial charge in [-0.2, -0.15) is 0 Å². The molecule has 0 amide bonds. The van der Waals surface area contributed by atoms with E-state index in [4.69, 9.17) is 9.72 Å². The van der Waals surface area contributed by atoms with E-state index in [1.807, 2.05) is 7.11 Å². The van der Waals surface area contributed by atoms with Crippen LogP contribution in [0.2, 0.25) is 0 Å². The maximum atomic E-state index is 5.56. The molecule has 1 aliphatic rings. The van der Waals surface area contributed by atoms with Gasteiger partial charge in [-0.1, -0.05) is 6.92 Å². The third kappa shape index (κ3) is 4.17.